The van der Waals surface area contributed by atoms with E-state index in [4.69, 9.17) is 9.47 Å². The molecule has 37 heavy (non-hydrogen) atoms. The average Bonchev–Trinajstić information content (AvgIpc) is 2.92. The van der Waals surface area contributed by atoms with Gasteiger partial charge in [0.25, 0.3) is 5.91 Å². The second-order valence-corrected chi connectivity index (χ2v) is 10.7. The Bertz CT molecular complexity index is 945. The molecule has 3 aliphatic rings. The number of likely N-dealkylation sites (tertiary alicyclic amines) is 1. The third-order valence-electron chi connectivity index (χ3n) is 8.11. The van der Waals surface area contributed by atoms with Crippen LogP contribution < -0.4 is 4.74 Å². The van der Waals surface area contributed by atoms with Gasteiger partial charge in [0.1, 0.15) is 12.4 Å². The van der Waals surface area contributed by atoms with E-state index in [0.717, 1.165) is 37.9 Å². The summed E-state index contributed by atoms with van der Waals surface area (Å²) in [7, 11) is 0. The number of carbonyl (C=O) groups is 3. The molecule has 4 rings (SSSR count). The number of hydrogen-bond donors (Lipinski definition) is 0. The molecule has 1 aromatic rings. The Hall–Kier alpha value is -2.61. The van der Waals surface area contributed by atoms with E-state index in [2.05, 4.69) is 13.0 Å². The molecule has 3 aliphatic heterocycles. The van der Waals surface area contributed by atoms with Crippen LogP contribution >= 0.6 is 0 Å². The minimum atomic E-state index is -1.01. The number of hydrogen-bond acceptors (Lipinski definition) is 5. The van der Waals surface area contributed by atoms with Crippen molar-refractivity contribution >= 4 is 17.7 Å². The first kappa shape index (κ1) is 27.4. The normalized spacial score (nSPS) is 24.2. The summed E-state index contributed by atoms with van der Waals surface area (Å²) in [5, 5.41) is 0. The highest BCUT2D eigenvalue weighted by Crippen LogP contribution is 2.31. The molecule has 1 atom stereocenters. The summed E-state index contributed by atoms with van der Waals surface area (Å²) in [6.07, 6.45) is 6.50. The SMILES string of the molecule is CCCCN1CCOc2ccccc2CCCCC2(CN(C(=O)C3CCN(C(C)=O)CC3)CCO2)C1=O. The van der Waals surface area contributed by atoms with Crippen molar-refractivity contribution in [2.24, 2.45) is 5.92 Å². The quantitative estimate of drug-likeness (QED) is 0.618. The van der Waals surface area contributed by atoms with Gasteiger partial charge in [-0.2, -0.15) is 0 Å². The summed E-state index contributed by atoms with van der Waals surface area (Å²) in [5.74, 6) is 0.952. The molecular weight excluding hydrogens is 470 g/mol. The van der Waals surface area contributed by atoms with Crippen LogP contribution in [0, 0.1) is 5.92 Å². The molecule has 1 unspecified atom stereocenters. The highest BCUT2D eigenvalue weighted by molar-refractivity contribution is 5.87. The van der Waals surface area contributed by atoms with Crippen LogP contribution in [0.2, 0.25) is 0 Å². The number of rotatable bonds is 4. The van der Waals surface area contributed by atoms with Crippen LogP contribution in [0.1, 0.15) is 64.4 Å². The summed E-state index contributed by atoms with van der Waals surface area (Å²) in [5.41, 5.74) is 0.183. The number of morpholine rings is 1. The maximum atomic E-state index is 14.1. The van der Waals surface area contributed by atoms with E-state index < -0.39 is 5.60 Å². The molecule has 0 radical (unpaired) electrons. The molecule has 204 valence electrons. The highest BCUT2D eigenvalue weighted by atomic mass is 16.5. The van der Waals surface area contributed by atoms with Gasteiger partial charge in [-0.1, -0.05) is 31.5 Å². The van der Waals surface area contributed by atoms with Gasteiger partial charge in [0, 0.05) is 39.0 Å². The molecule has 1 spiro atoms. The first-order valence-electron chi connectivity index (χ1n) is 14.1. The molecular formula is C29H43N3O5. The summed E-state index contributed by atoms with van der Waals surface area (Å²) < 4.78 is 12.5. The fourth-order valence-electron chi connectivity index (χ4n) is 5.85. The lowest BCUT2D eigenvalue weighted by molar-refractivity contribution is -0.178. The molecule has 0 aliphatic carbocycles. The predicted molar refractivity (Wildman–Crippen MR) is 141 cm³/mol. The average molecular weight is 514 g/mol. The van der Waals surface area contributed by atoms with Crippen molar-refractivity contribution in [2.45, 2.75) is 70.8 Å². The third kappa shape index (κ3) is 6.64. The number of carbonyl (C=O) groups excluding carboxylic acids is 3. The lowest BCUT2D eigenvalue weighted by Gasteiger charge is -2.45. The number of aryl methyl sites for hydroxylation is 1. The first-order chi connectivity index (χ1) is 17.9. The van der Waals surface area contributed by atoms with Gasteiger partial charge in [0.2, 0.25) is 11.8 Å². The van der Waals surface area contributed by atoms with Crippen LogP contribution in [0.25, 0.3) is 0 Å². The molecule has 8 heteroatoms. The molecule has 8 nitrogen and oxygen atoms in total. The Morgan fingerprint density at radius 1 is 1.03 bits per heavy atom. The smallest absolute Gasteiger partial charge is 0.256 e. The lowest BCUT2D eigenvalue weighted by atomic mass is 9.89. The minimum Gasteiger partial charge on any atom is -0.491 e. The molecule has 0 bridgehead atoms. The van der Waals surface area contributed by atoms with Gasteiger partial charge in [0.05, 0.1) is 19.7 Å². The van der Waals surface area contributed by atoms with Crippen LogP contribution in [0.15, 0.2) is 24.3 Å². The summed E-state index contributed by atoms with van der Waals surface area (Å²) in [6.45, 7) is 7.70. The van der Waals surface area contributed by atoms with E-state index >= 15 is 0 Å². The molecule has 2 fully saturated rings. The van der Waals surface area contributed by atoms with E-state index in [1.807, 2.05) is 32.9 Å². The van der Waals surface area contributed by atoms with Gasteiger partial charge in [0.15, 0.2) is 5.60 Å². The van der Waals surface area contributed by atoms with Crippen LogP contribution in [-0.2, 0) is 25.5 Å². The Kier molecular flexibility index (Phi) is 9.46. The zero-order valence-electron chi connectivity index (χ0n) is 22.6. The monoisotopic (exact) mass is 513 g/mol. The van der Waals surface area contributed by atoms with Crippen molar-refractivity contribution in [3.63, 3.8) is 0 Å². The Balaban J connectivity index is 1.51. The molecule has 1 aromatic carbocycles. The standard InChI is InChI=1S/C29H43N3O5/c1-3-4-15-31-18-20-36-26-11-6-5-9-24(26)10-7-8-14-29(28(31)35)22-32(19-21-37-29)27(34)25-12-16-30(17-13-25)23(2)33/h5-6,9,11,25H,3-4,7-8,10,12-22H2,1-2H3. The largest absolute Gasteiger partial charge is 0.491 e. The minimum absolute atomic E-state index is 0.0118. The summed E-state index contributed by atoms with van der Waals surface area (Å²) in [4.78, 5) is 45.0. The highest BCUT2D eigenvalue weighted by Gasteiger charge is 2.47. The van der Waals surface area contributed by atoms with Gasteiger partial charge < -0.3 is 24.2 Å². The van der Waals surface area contributed by atoms with Crippen molar-refractivity contribution in [1.29, 1.82) is 0 Å². The van der Waals surface area contributed by atoms with Crippen molar-refractivity contribution in [2.75, 3.05) is 52.5 Å². The van der Waals surface area contributed by atoms with Crippen molar-refractivity contribution in [3.8, 4) is 5.75 Å². The number of amides is 3. The van der Waals surface area contributed by atoms with E-state index in [1.54, 1.807) is 6.92 Å². The maximum Gasteiger partial charge on any atom is 0.256 e. The molecule has 2 saturated heterocycles. The number of ether oxygens (including phenoxy) is 2. The molecule has 3 heterocycles. The van der Waals surface area contributed by atoms with Gasteiger partial charge in [-0.3, -0.25) is 14.4 Å². The van der Waals surface area contributed by atoms with Crippen LogP contribution in [0.5, 0.6) is 5.75 Å². The fraction of sp³-hybridized carbons (Fsp3) is 0.690. The van der Waals surface area contributed by atoms with E-state index in [0.29, 0.717) is 71.7 Å². The third-order valence-corrected chi connectivity index (χ3v) is 8.11. The number of fused-ring (bicyclic) bond motifs is 1. The van der Waals surface area contributed by atoms with E-state index in [-0.39, 0.29) is 23.6 Å². The molecule has 0 saturated carbocycles. The number of para-hydroxylation sites is 1. The second kappa shape index (κ2) is 12.8. The summed E-state index contributed by atoms with van der Waals surface area (Å²) in [6, 6.07) is 8.16. The fourth-order valence-corrected chi connectivity index (χ4v) is 5.85. The lowest BCUT2D eigenvalue weighted by Crippen LogP contribution is -2.63. The van der Waals surface area contributed by atoms with Crippen molar-refractivity contribution in [3.05, 3.63) is 29.8 Å². The van der Waals surface area contributed by atoms with Crippen LogP contribution in [-0.4, -0.2) is 90.5 Å². The van der Waals surface area contributed by atoms with Gasteiger partial charge in [-0.25, -0.2) is 0 Å². The maximum absolute atomic E-state index is 14.1. The molecule has 0 aromatic heterocycles. The number of piperidine rings is 1. The van der Waals surface area contributed by atoms with Crippen molar-refractivity contribution < 1.29 is 23.9 Å². The first-order valence-corrected chi connectivity index (χ1v) is 14.1. The van der Waals surface area contributed by atoms with Crippen molar-refractivity contribution in [1.82, 2.24) is 14.7 Å². The van der Waals surface area contributed by atoms with Gasteiger partial charge in [-0.15, -0.1) is 0 Å². The number of benzene rings is 1. The predicted octanol–water partition coefficient (Wildman–Crippen LogP) is 3.28. The second-order valence-electron chi connectivity index (χ2n) is 10.7. The van der Waals surface area contributed by atoms with Gasteiger partial charge in [-0.05, 0) is 56.6 Å². The number of unbranched alkanes of at least 4 members (excludes halogenated alkanes) is 1. The zero-order valence-corrected chi connectivity index (χ0v) is 22.6. The molecule has 0 N–H and O–H groups in total. The van der Waals surface area contributed by atoms with Crippen LogP contribution in [0.3, 0.4) is 0 Å². The summed E-state index contributed by atoms with van der Waals surface area (Å²) >= 11 is 0. The Labute approximate surface area is 221 Å². The Morgan fingerprint density at radius 2 is 1.81 bits per heavy atom. The van der Waals surface area contributed by atoms with E-state index in [1.165, 1.54) is 5.56 Å². The zero-order chi connectivity index (χ0) is 26.3. The molecule has 3 amide bonds. The van der Waals surface area contributed by atoms with E-state index in [9.17, 15) is 14.4 Å². The number of nitrogens with zero attached hydrogens (tertiary/aromatic N) is 3. The van der Waals surface area contributed by atoms with Gasteiger partial charge >= 0.3 is 0 Å². The van der Waals surface area contributed by atoms with Crippen LogP contribution in [0.4, 0.5) is 0 Å². The topological polar surface area (TPSA) is 79.4 Å². The Morgan fingerprint density at radius 3 is 2.57 bits per heavy atom.